The average molecular weight is 366 g/mol. The molecule has 0 saturated carbocycles. The summed E-state index contributed by atoms with van der Waals surface area (Å²) in [4.78, 5) is 51.1. The first-order chi connectivity index (χ1) is 12.9. The van der Waals surface area contributed by atoms with Gasteiger partial charge in [-0.05, 0) is 11.6 Å². The van der Waals surface area contributed by atoms with Crippen LogP contribution in [0.1, 0.15) is 42.3 Å². The molecule has 0 unspecified atom stereocenters. The molecule has 1 aromatic carbocycles. The van der Waals surface area contributed by atoms with Gasteiger partial charge < -0.3 is 14.5 Å². The highest BCUT2D eigenvalue weighted by Gasteiger charge is 2.30. The van der Waals surface area contributed by atoms with Crippen LogP contribution in [0.4, 0.5) is 0 Å². The van der Waals surface area contributed by atoms with E-state index in [0.29, 0.717) is 5.56 Å². The van der Waals surface area contributed by atoms with E-state index >= 15 is 0 Å². The summed E-state index contributed by atoms with van der Waals surface area (Å²) in [5, 5.41) is 9.22. The SMILES string of the molecule is COC(=O)c1[nH]c(=O)c(C#N)c(C(=O)OC)c1C(=O)/C=C\c1ccccc1. The Balaban J connectivity index is 2.74. The number of esters is 2. The Kier molecular flexibility index (Phi) is 6.02. The van der Waals surface area contributed by atoms with Crippen LogP contribution in [-0.4, -0.2) is 36.9 Å². The Morgan fingerprint density at radius 3 is 2.22 bits per heavy atom. The first-order valence-corrected chi connectivity index (χ1v) is 7.59. The van der Waals surface area contributed by atoms with Crippen LogP contribution in [0.25, 0.3) is 6.08 Å². The van der Waals surface area contributed by atoms with Crippen LogP contribution < -0.4 is 5.56 Å². The fraction of sp³-hybridized carbons (Fsp3) is 0.105. The molecule has 0 aliphatic rings. The van der Waals surface area contributed by atoms with Crippen molar-refractivity contribution in [1.82, 2.24) is 4.98 Å². The van der Waals surface area contributed by atoms with Gasteiger partial charge in [-0.3, -0.25) is 9.59 Å². The molecule has 1 heterocycles. The van der Waals surface area contributed by atoms with Crippen LogP contribution in [0.5, 0.6) is 0 Å². The van der Waals surface area contributed by atoms with E-state index in [1.165, 1.54) is 6.08 Å². The topological polar surface area (TPSA) is 126 Å². The maximum Gasteiger partial charge on any atom is 0.355 e. The number of nitrogens with zero attached hydrogens (tertiary/aromatic N) is 1. The number of methoxy groups -OCH3 is 2. The van der Waals surface area contributed by atoms with Crippen molar-refractivity contribution >= 4 is 23.8 Å². The van der Waals surface area contributed by atoms with E-state index in [1.807, 2.05) is 0 Å². The van der Waals surface area contributed by atoms with Gasteiger partial charge in [0.1, 0.15) is 17.3 Å². The number of nitrogens with one attached hydrogen (secondary N) is 1. The lowest BCUT2D eigenvalue weighted by Crippen LogP contribution is -2.27. The number of aromatic amines is 1. The number of aromatic nitrogens is 1. The molecule has 0 spiro atoms. The molecule has 136 valence electrons. The van der Waals surface area contributed by atoms with E-state index in [-0.39, 0.29) is 0 Å². The number of ketones is 1. The van der Waals surface area contributed by atoms with Crippen molar-refractivity contribution in [2.24, 2.45) is 0 Å². The summed E-state index contributed by atoms with van der Waals surface area (Å²) in [7, 11) is 2.07. The van der Waals surface area contributed by atoms with Gasteiger partial charge in [-0.15, -0.1) is 0 Å². The molecule has 1 N–H and O–H groups in total. The molecule has 2 rings (SSSR count). The molecule has 8 nitrogen and oxygen atoms in total. The number of ether oxygens (including phenoxy) is 2. The fourth-order valence-electron chi connectivity index (χ4n) is 2.34. The summed E-state index contributed by atoms with van der Waals surface area (Å²) in [5.74, 6) is -2.93. The van der Waals surface area contributed by atoms with Gasteiger partial charge in [-0.1, -0.05) is 36.4 Å². The van der Waals surface area contributed by atoms with Crippen LogP contribution in [0.3, 0.4) is 0 Å². The molecule has 0 radical (unpaired) electrons. The molecular weight excluding hydrogens is 352 g/mol. The molecule has 8 heteroatoms. The van der Waals surface area contributed by atoms with Crippen molar-refractivity contribution < 1.29 is 23.9 Å². The van der Waals surface area contributed by atoms with Gasteiger partial charge >= 0.3 is 11.9 Å². The number of pyridine rings is 1. The van der Waals surface area contributed by atoms with Gasteiger partial charge in [0.15, 0.2) is 5.78 Å². The minimum atomic E-state index is -1.10. The van der Waals surface area contributed by atoms with Gasteiger partial charge in [0.25, 0.3) is 5.56 Å². The Bertz CT molecular complexity index is 1030. The van der Waals surface area contributed by atoms with Gasteiger partial charge in [0.2, 0.25) is 0 Å². The van der Waals surface area contributed by atoms with E-state index < -0.39 is 45.7 Å². The number of hydrogen-bond donors (Lipinski definition) is 1. The van der Waals surface area contributed by atoms with E-state index in [4.69, 9.17) is 0 Å². The molecule has 0 bridgehead atoms. The number of benzene rings is 1. The zero-order valence-corrected chi connectivity index (χ0v) is 14.4. The van der Waals surface area contributed by atoms with Crippen molar-refractivity contribution in [2.75, 3.05) is 14.2 Å². The number of nitriles is 1. The molecule has 2 aromatic rings. The van der Waals surface area contributed by atoms with Crippen molar-refractivity contribution in [3.63, 3.8) is 0 Å². The number of rotatable bonds is 5. The lowest BCUT2D eigenvalue weighted by atomic mass is 9.97. The second-order valence-corrected chi connectivity index (χ2v) is 5.16. The first kappa shape index (κ1) is 19.3. The Labute approximate surface area is 153 Å². The van der Waals surface area contributed by atoms with Crippen molar-refractivity contribution in [1.29, 1.82) is 5.26 Å². The predicted octanol–water partition coefficient (Wildman–Crippen LogP) is 1.72. The van der Waals surface area contributed by atoms with Gasteiger partial charge in [-0.25, -0.2) is 9.59 Å². The molecule has 0 amide bonds. The summed E-state index contributed by atoms with van der Waals surface area (Å²) in [6.07, 6.45) is 2.57. The summed E-state index contributed by atoms with van der Waals surface area (Å²) in [5.41, 5.74) is -2.56. The third-order valence-electron chi connectivity index (χ3n) is 3.58. The molecule has 0 aliphatic heterocycles. The van der Waals surface area contributed by atoms with Gasteiger partial charge in [0.05, 0.1) is 25.3 Å². The van der Waals surface area contributed by atoms with Gasteiger partial charge in [-0.2, -0.15) is 5.26 Å². The predicted molar refractivity (Wildman–Crippen MR) is 94.3 cm³/mol. The van der Waals surface area contributed by atoms with Crippen molar-refractivity contribution in [3.8, 4) is 6.07 Å². The summed E-state index contributed by atoms with van der Waals surface area (Å²) >= 11 is 0. The monoisotopic (exact) mass is 366 g/mol. The lowest BCUT2D eigenvalue weighted by molar-refractivity contribution is 0.0587. The Hall–Kier alpha value is -3.99. The molecule has 27 heavy (non-hydrogen) atoms. The third kappa shape index (κ3) is 3.99. The Morgan fingerprint density at radius 1 is 1.04 bits per heavy atom. The number of H-pyrrole nitrogens is 1. The fourth-order valence-corrected chi connectivity index (χ4v) is 2.34. The highest BCUT2D eigenvalue weighted by Crippen LogP contribution is 2.19. The van der Waals surface area contributed by atoms with Crippen molar-refractivity contribution in [2.45, 2.75) is 0 Å². The third-order valence-corrected chi connectivity index (χ3v) is 3.58. The number of hydrogen-bond acceptors (Lipinski definition) is 7. The van der Waals surface area contributed by atoms with Crippen LogP contribution in [0.2, 0.25) is 0 Å². The first-order valence-electron chi connectivity index (χ1n) is 7.59. The van der Waals surface area contributed by atoms with Crippen LogP contribution >= 0.6 is 0 Å². The van der Waals surface area contributed by atoms with E-state index in [1.54, 1.807) is 36.4 Å². The zero-order chi connectivity index (χ0) is 20.0. The maximum atomic E-state index is 12.7. The maximum absolute atomic E-state index is 12.7. The average Bonchev–Trinajstić information content (AvgIpc) is 2.70. The van der Waals surface area contributed by atoms with Crippen LogP contribution in [0, 0.1) is 11.3 Å². The summed E-state index contributed by atoms with van der Waals surface area (Å²) in [6.45, 7) is 0. The second kappa shape index (κ2) is 8.40. The smallest absolute Gasteiger partial charge is 0.355 e. The quantitative estimate of drug-likeness (QED) is 0.485. The molecule has 0 fully saturated rings. The van der Waals surface area contributed by atoms with Crippen LogP contribution in [0.15, 0.2) is 41.2 Å². The molecule has 0 saturated heterocycles. The molecule has 0 aliphatic carbocycles. The highest BCUT2D eigenvalue weighted by molar-refractivity contribution is 6.17. The zero-order valence-electron chi connectivity index (χ0n) is 14.4. The lowest BCUT2D eigenvalue weighted by Gasteiger charge is -2.11. The summed E-state index contributed by atoms with van der Waals surface area (Å²) < 4.78 is 9.15. The molecular formula is C19H14N2O6. The largest absolute Gasteiger partial charge is 0.465 e. The summed E-state index contributed by atoms with van der Waals surface area (Å²) in [6, 6.07) is 10.4. The number of carbonyl (C=O) groups is 3. The molecule has 0 atom stereocenters. The van der Waals surface area contributed by atoms with E-state index in [2.05, 4.69) is 14.5 Å². The van der Waals surface area contributed by atoms with Crippen molar-refractivity contribution in [3.05, 3.63) is 74.7 Å². The number of allylic oxidation sites excluding steroid dienone is 1. The number of carbonyl (C=O) groups excluding carboxylic acids is 3. The minimum Gasteiger partial charge on any atom is -0.465 e. The van der Waals surface area contributed by atoms with E-state index in [9.17, 15) is 24.4 Å². The highest BCUT2D eigenvalue weighted by atomic mass is 16.5. The van der Waals surface area contributed by atoms with E-state index in [0.717, 1.165) is 20.3 Å². The normalized spacial score (nSPS) is 10.3. The standard InChI is InChI=1S/C19H14N2O6/c1-26-18(24)14-12(10-20)17(23)21-16(19(25)27-2)15(14)13(22)9-8-11-6-4-3-5-7-11/h3-9H,1-2H3,(H,21,23)/b9-8-. The van der Waals surface area contributed by atoms with Crippen LogP contribution in [-0.2, 0) is 9.47 Å². The second-order valence-electron chi connectivity index (χ2n) is 5.16. The minimum absolute atomic E-state index is 0.475. The van der Waals surface area contributed by atoms with Gasteiger partial charge in [0, 0.05) is 0 Å². The Morgan fingerprint density at radius 2 is 1.67 bits per heavy atom. The molecule has 1 aromatic heterocycles.